The van der Waals surface area contributed by atoms with Crippen LogP contribution in [0.25, 0.3) is 0 Å². The summed E-state index contributed by atoms with van der Waals surface area (Å²) >= 11 is 7.29. The van der Waals surface area contributed by atoms with E-state index in [9.17, 15) is 9.18 Å². The van der Waals surface area contributed by atoms with Gasteiger partial charge in [0.25, 0.3) is 0 Å². The number of benzene rings is 1. The molecule has 0 unspecified atom stereocenters. The lowest BCUT2D eigenvalue weighted by molar-refractivity contribution is -0.117. The molecule has 118 valence electrons. The van der Waals surface area contributed by atoms with Crippen LogP contribution in [0.1, 0.15) is 10.6 Å². The molecular formula is C15H17ClFN3OS. The van der Waals surface area contributed by atoms with Gasteiger partial charge in [0.15, 0.2) is 0 Å². The Kier molecular flexibility index (Phi) is 5.88. The lowest BCUT2D eigenvalue weighted by Gasteiger charge is -2.16. The van der Waals surface area contributed by atoms with Crippen molar-refractivity contribution in [1.29, 1.82) is 0 Å². The van der Waals surface area contributed by atoms with Crippen molar-refractivity contribution in [2.75, 3.05) is 25.5 Å². The fraction of sp³-hybridized carbons (Fsp3) is 0.333. The van der Waals surface area contributed by atoms with Crippen molar-refractivity contribution in [3.63, 3.8) is 0 Å². The molecule has 0 atom stereocenters. The standard InChI is InChI=1S/C15H17ClFN3OS/c1-10-14(22-9-18-10)5-6-20(2)8-15(21)19-13-4-3-11(16)7-12(13)17/h3-4,7,9H,5-6,8H2,1-2H3,(H,19,21). The van der Waals surface area contributed by atoms with E-state index in [1.807, 2.05) is 24.4 Å². The molecule has 2 rings (SSSR count). The Balaban J connectivity index is 1.82. The Morgan fingerprint density at radius 1 is 1.50 bits per heavy atom. The van der Waals surface area contributed by atoms with Crippen LogP contribution in [-0.2, 0) is 11.2 Å². The summed E-state index contributed by atoms with van der Waals surface area (Å²) in [6.45, 7) is 2.90. The summed E-state index contributed by atoms with van der Waals surface area (Å²) in [7, 11) is 1.86. The fourth-order valence-electron chi connectivity index (χ4n) is 1.96. The van der Waals surface area contributed by atoms with E-state index in [0.717, 1.165) is 18.7 Å². The lowest BCUT2D eigenvalue weighted by atomic mass is 10.3. The Hall–Kier alpha value is -1.50. The van der Waals surface area contributed by atoms with Crippen LogP contribution in [0.15, 0.2) is 23.7 Å². The van der Waals surface area contributed by atoms with Crippen LogP contribution in [0.2, 0.25) is 5.02 Å². The summed E-state index contributed by atoms with van der Waals surface area (Å²) in [6.07, 6.45) is 0.843. The van der Waals surface area contributed by atoms with E-state index in [1.165, 1.54) is 23.1 Å². The number of carbonyl (C=O) groups excluding carboxylic acids is 1. The van der Waals surface area contributed by atoms with Gasteiger partial charge >= 0.3 is 0 Å². The minimum atomic E-state index is -0.538. The summed E-state index contributed by atoms with van der Waals surface area (Å²) in [5.74, 6) is -0.798. The van der Waals surface area contributed by atoms with Crippen molar-refractivity contribution in [1.82, 2.24) is 9.88 Å². The van der Waals surface area contributed by atoms with Crippen molar-refractivity contribution in [2.24, 2.45) is 0 Å². The summed E-state index contributed by atoms with van der Waals surface area (Å²) in [6, 6.07) is 4.17. The predicted octanol–water partition coefficient (Wildman–Crippen LogP) is 3.36. The second kappa shape index (κ2) is 7.67. The molecule has 7 heteroatoms. The Labute approximate surface area is 137 Å². The monoisotopic (exact) mass is 341 g/mol. The van der Waals surface area contributed by atoms with Crippen molar-refractivity contribution in [2.45, 2.75) is 13.3 Å². The molecule has 0 saturated carbocycles. The molecule has 0 aliphatic heterocycles. The van der Waals surface area contributed by atoms with Crippen LogP contribution in [0.3, 0.4) is 0 Å². The molecule has 0 spiro atoms. The third kappa shape index (κ3) is 4.76. The van der Waals surface area contributed by atoms with Gasteiger partial charge in [-0.1, -0.05) is 11.6 Å². The molecule has 1 aromatic heterocycles. The van der Waals surface area contributed by atoms with E-state index >= 15 is 0 Å². The fourth-order valence-corrected chi connectivity index (χ4v) is 2.89. The van der Waals surface area contributed by atoms with Crippen LogP contribution in [0, 0.1) is 12.7 Å². The summed E-state index contributed by atoms with van der Waals surface area (Å²) in [5, 5.41) is 2.85. The molecule has 1 N–H and O–H groups in total. The molecule has 0 aliphatic rings. The number of nitrogens with one attached hydrogen (secondary N) is 1. The second-order valence-electron chi connectivity index (χ2n) is 5.02. The Morgan fingerprint density at radius 3 is 2.91 bits per heavy atom. The molecule has 1 aromatic carbocycles. The molecule has 0 saturated heterocycles. The van der Waals surface area contributed by atoms with E-state index < -0.39 is 5.82 Å². The zero-order valence-electron chi connectivity index (χ0n) is 12.4. The van der Waals surface area contributed by atoms with Crippen LogP contribution >= 0.6 is 22.9 Å². The number of carbonyl (C=O) groups is 1. The smallest absolute Gasteiger partial charge is 0.238 e. The first kappa shape index (κ1) is 16.9. The number of anilines is 1. The van der Waals surface area contributed by atoms with Crippen LogP contribution in [0.5, 0.6) is 0 Å². The molecule has 0 fully saturated rings. The van der Waals surface area contributed by atoms with E-state index in [4.69, 9.17) is 11.6 Å². The van der Waals surface area contributed by atoms with Crippen LogP contribution in [0.4, 0.5) is 10.1 Å². The number of thiazole rings is 1. The molecule has 0 bridgehead atoms. The third-order valence-corrected chi connectivity index (χ3v) is 4.41. The average Bonchev–Trinajstić information content (AvgIpc) is 2.85. The van der Waals surface area contributed by atoms with Gasteiger partial charge in [0.05, 0.1) is 23.4 Å². The third-order valence-electron chi connectivity index (χ3n) is 3.18. The van der Waals surface area contributed by atoms with E-state index in [1.54, 1.807) is 11.3 Å². The van der Waals surface area contributed by atoms with Gasteiger partial charge in [-0.05, 0) is 38.6 Å². The topological polar surface area (TPSA) is 45.2 Å². The zero-order valence-corrected chi connectivity index (χ0v) is 14.0. The zero-order chi connectivity index (χ0) is 16.1. The normalized spacial score (nSPS) is 11.0. The number of hydrogen-bond acceptors (Lipinski definition) is 4. The van der Waals surface area contributed by atoms with Crippen LogP contribution in [-0.4, -0.2) is 35.9 Å². The largest absolute Gasteiger partial charge is 0.322 e. The van der Waals surface area contributed by atoms with Gasteiger partial charge in [0, 0.05) is 16.4 Å². The highest BCUT2D eigenvalue weighted by Gasteiger charge is 2.11. The molecule has 4 nitrogen and oxygen atoms in total. The SMILES string of the molecule is Cc1ncsc1CCN(C)CC(=O)Nc1ccc(Cl)cc1F. The Morgan fingerprint density at radius 2 is 2.27 bits per heavy atom. The minimum Gasteiger partial charge on any atom is -0.322 e. The molecular weight excluding hydrogens is 325 g/mol. The molecule has 22 heavy (non-hydrogen) atoms. The number of hydrogen-bond donors (Lipinski definition) is 1. The summed E-state index contributed by atoms with van der Waals surface area (Å²) in [4.78, 5) is 19.2. The maximum atomic E-state index is 13.6. The second-order valence-corrected chi connectivity index (χ2v) is 6.40. The highest BCUT2D eigenvalue weighted by Crippen LogP contribution is 2.18. The number of aryl methyl sites for hydroxylation is 1. The molecule has 2 aromatic rings. The average molecular weight is 342 g/mol. The van der Waals surface area contributed by atoms with Crippen molar-refractivity contribution < 1.29 is 9.18 Å². The first-order valence-corrected chi connectivity index (χ1v) is 8.04. The quantitative estimate of drug-likeness (QED) is 0.876. The molecule has 1 amide bonds. The summed E-state index contributed by atoms with van der Waals surface area (Å²) < 4.78 is 13.6. The van der Waals surface area contributed by atoms with Crippen molar-refractivity contribution >= 4 is 34.5 Å². The number of nitrogens with zero attached hydrogens (tertiary/aromatic N) is 2. The van der Waals surface area contributed by atoms with E-state index in [0.29, 0.717) is 5.02 Å². The number of rotatable bonds is 6. The lowest BCUT2D eigenvalue weighted by Crippen LogP contribution is -2.31. The Bertz CT molecular complexity index is 662. The predicted molar refractivity (Wildman–Crippen MR) is 88.1 cm³/mol. The van der Waals surface area contributed by atoms with Gasteiger partial charge in [-0.2, -0.15) is 0 Å². The van der Waals surface area contributed by atoms with E-state index in [2.05, 4.69) is 10.3 Å². The molecule has 1 heterocycles. The maximum Gasteiger partial charge on any atom is 0.238 e. The van der Waals surface area contributed by atoms with E-state index in [-0.39, 0.29) is 18.1 Å². The first-order valence-electron chi connectivity index (χ1n) is 6.78. The van der Waals surface area contributed by atoms with Gasteiger partial charge in [-0.15, -0.1) is 11.3 Å². The molecule has 0 radical (unpaired) electrons. The van der Waals surface area contributed by atoms with Gasteiger partial charge in [-0.25, -0.2) is 9.37 Å². The number of amides is 1. The minimum absolute atomic E-state index is 0.140. The molecule has 0 aliphatic carbocycles. The van der Waals surface area contributed by atoms with Gasteiger partial charge in [-0.3, -0.25) is 9.69 Å². The highest BCUT2D eigenvalue weighted by molar-refractivity contribution is 7.09. The van der Waals surface area contributed by atoms with Crippen molar-refractivity contribution in [3.8, 4) is 0 Å². The maximum absolute atomic E-state index is 13.6. The van der Waals surface area contributed by atoms with Crippen molar-refractivity contribution in [3.05, 3.63) is 45.1 Å². The van der Waals surface area contributed by atoms with Gasteiger partial charge < -0.3 is 5.32 Å². The first-order chi connectivity index (χ1) is 10.5. The number of likely N-dealkylation sites (N-methyl/N-ethyl adjacent to an activating group) is 1. The van der Waals surface area contributed by atoms with Crippen LogP contribution < -0.4 is 5.32 Å². The number of aromatic nitrogens is 1. The highest BCUT2D eigenvalue weighted by atomic mass is 35.5. The van der Waals surface area contributed by atoms with Gasteiger partial charge in [0.2, 0.25) is 5.91 Å². The summed E-state index contributed by atoms with van der Waals surface area (Å²) in [5.41, 5.74) is 2.99. The number of halogens is 2. The van der Waals surface area contributed by atoms with Gasteiger partial charge in [0.1, 0.15) is 5.82 Å².